The summed E-state index contributed by atoms with van der Waals surface area (Å²) in [5.41, 5.74) is 0.181. The third kappa shape index (κ3) is 5.43. The zero-order chi connectivity index (χ0) is 13.9. The maximum Gasteiger partial charge on any atom is 1.00 e. The van der Waals surface area contributed by atoms with Gasteiger partial charge in [0.1, 0.15) is 12.4 Å². The summed E-state index contributed by atoms with van der Waals surface area (Å²) >= 11 is 5.74. The Hall–Kier alpha value is 0.0213. The fourth-order valence-corrected chi connectivity index (χ4v) is 1.68. The summed E-state index contributed by atoms with van der Waals surface area (Å²) < 4.78 is 43.0. The minimum Gasteiger partial charge on any atom is -0.489 e. The SMILES string of the molecule is F[B-](F)(F)c1cccc(OCc2ccc(Cl)cc2)c1.[K+]. The van der Waals surface area contributed by atoms with E-state index in [-0.39, 0.29) is 63.7 Å². The van der Waals surface area contributed by atoms with Gasteiger partial charge in [-0.05, 0) is 29.8 Å². The van der Waals surface area contributed by atoms with Gasteiger partial charge in [-0.3, -0.25) is 0 Å². The molecule has 100 valence electrons. The molecule has 0 aromatic heterocycles. The number of hydrogen-bond donors (Lipinski definition) is 0. The zero-order valence-electron chi connectivity index (χ0n) is 10.8. The standard InChI is InChI=1S/C13H10BClF3O.K/c15-12-6-4-10(5-7-12)9-19-13-3-1-2-11(8-13)14(16,17)18;/h1-8H,9H2;/q-1;+1. The first-order valence-electron chi connectivity index (χ1n) is 5.62. The molecule has 0 atom stereocenters. The molecule has 0 N–H and O–H groups in total. The van der Waals surface area contributed by atoms with Crippen molar-refractivity contribution < 1.29 is 69.1 Å². The van der Waals surface area contributed by atoms with Crippen molar-refractivity contribution in [2.75, 3.05) is 0 Å². The molecule has 0 saturated carbocycles. The van der Waals surface area contributed by atoms with Crippen molar-refractivity contribution >= 4 is 24.0 Å². The van der Waals surface area contributed by atoms with Crippen LogP contribution in [0.5, 0.6) is 5.75 Å². The van der Waals surface area contributed by atoms with Crippen molar-refractivity contribution in [3.63, 3.8) is 0 Å². The van der Waals surface area contributed by atoms with E-state index in [0.29, 0.717) is 5.02 Å². The van der Waals surface area contributed by atoms with Crippen molar-refractivity contribution in [2.24, 2.45) is 0 Å². The number of ether oxygens (including phenoxy) is 1. The van der Waals surface area contributed by atoms with Crippen molar-refractivity contribution in [1.29, 1.82) is 0 Å². The smallest absolute Gasteiger partial charge is 0.489 e. The van der Waals surface area contributed by atoms with Crippen molar-refractivity contribution in [3.8, 4) is 5.75 Å². The molecule has 2 aromatic rings. The maximum atomic E-state index is 12.6. The first-order chi connectivity index (χ1) is 8.95. The van der Waals surface area contributed by atoms with Gasteiger partial charge in [0.05, 0.1) is 0 Å². The van der Waals surface area contributed by atoms with Crippen LogP contribution in [0, 0.1) is 0 Å². The van der Waals surface area contributed by atoms with Crippen molar-refractivity contribution in [3.05, 3.63) is 59.1 Å². The fourth-order valence-electron chi connectivity index (χ4n) is 1.56. The monoisotopic (exact) mass is 324 g/mol. The van der Waals surface area contributed by atoms with E-state index in [1.807, 2.05) is 0 Å². The van der Waals surface area contributed by atoms with Gasteiger partial charge in [-0.15, -0.1) is 5.46 Å². The molecule has 0 aliphatic carbocycles. The normalized spacial score (nSPS) is 10.8. The molecule has 2 rings (SSSR count). The van der Waals surface area contributed by atoms with E-state index >= 15 is 0 Å². The Kier molecular flexibility index (Phi) is 7.11. The van der Waals surface area contributed by atoms with E-state index in [1.165, 1.54) is 12.1 Å². The van der Waals surface area contributed by atoms with Gasteiger partial charge in [0, 0.05) is 5.02 Å². The Labute approximate surface area is 162 Å². The number of halogens is 4. The number of hydrogen-bond acceptors (Lipinski definition) is 1. The van der Waals surface area contributed by atoms with E-state index in [9.17, 15) is 12.9 Å². The zero-order valence-corrected chi connectivity index (χ0v) is 14.7. The van der Waals surface area contributed by atoms with E-state index in [2.05, 4.69) is 0 Å². The van der Waals surface area contributed by atoms with Gasteiger partial charge in [-0.2, -0.15) is 0 Å². The molecule has 0 heterocycles. The molecule has 1 nitrogen and oxygen atoms in total. The first-order valence-corrected chi connectivity index (χ1v) is 6.00. The van der Waals surface area contributed by atoms with E-state index in [4.69, 9.17) is 16.3 Å². The molecule has 0 bridgehead atoms. The molecule has 0 amide bonds. The molecule has 0 aliphatic rings. The second-order valence-corrected chi connectivity index (χ2v) is 4.50. The average molecular weight is 325 g/mol. The molecule has 20 heavy (non-hydrogen) atoms. The van der Waals surface area contributed by atoms with Gasteiger partial charge < -0.3 is 17.7 Å². The maximum absolute atomic E-state index is 12.6. The van der Waals surface area contributed by atoms with Crippen LogP contribution in [0.15, 0.2) is 48.5 Å². The Morgan fingerprint density at radius 3 is 2.25 bits per heavy atom. The third-order valence-corrected chi connectivity index (χ3v) is 2.81. The fraction of sp³-hybridized carbons (Fsp3) is 0.0769. The average Bonchev–Trinajstić information content (AvgIpc) is 2.37. The second-order valence-electron chi connectivity index (χ2n) is 4.06. The summed E-state index contributed by atoms with van der Waals surface area (Å²) in [5.74, 6) is 0.201. The third-order valence-electron chi connectivity index (χ3n) is 2.55. The minimum absolute atomic E-state index is 0. The van der Waals surface area contributed by atoms with Crippen LogP contribution >= 0.6 is 11.6 Å². The minimum atomic E-state index is -5.00. The summed E-state index contributed by atoms with van der Waals surface area (Å²) in [4.78, 5) is 0. The van der Waals surface area contributed by atoms with Crippen LogP contribution in [0.3, 0.4) is 0 Å². The van der Waals surface area contributed by atoms with Gasteiger partial charge >= 0.3 is 58.4 Å². The van der Waals surface area contributed by atoms with Crippen LogP contribution < -0.4 is 61.6 Å². The molecule has 0 saturated heterocycles. The van der Waals surface area contributed by atoms with Crippen LogP contribution in [0.4, 0.5) is 12.9 Å². The van der Waals surface area contributed by atoms with E-state index in [1.54, 1.807) is 24.3 Å². The molecule has 2 aromatic carbocycles. The van der Waals surface area contributed by atoms with Gasteiger partial charge in [-0.1, -0.05) is 35.9 Å². The Bertz CT molecular complexity index is 560. The largest absolute Gasteiger partial charge is 1.00 e. The van der Waals surface area contributed by atoms with Gasteiger partial charge in [-0.25, -0.2) is 0 Å². The van der Waals surface area contributed by atoms with E-state index < -0.39 is 12.4 Å². The number of rotatable bonds is 4. The summed E-state index contributed by atoms with van der Waals surface area (Å²) in [6.45, 7) is -4.80. The molecule has 0 unspecified atom stereocenters. The molecule has 0 fully saturated rings. The van der Waals surface area contributed by atoms with E-state index in [0.717, 1.165) is 17.7 Å². The van der Waals surface area contributed by atoms with Crippen LogP contribution in [-0.2, 0) is 6.61 Å². The summed E-state index contributed by atoms with van der Waals surface area (Å²) in [6.07, 6.45) is 0. The van der Waals surface area contributed by atoms with Crippen LogP contribution in [-0.4, -0.2) is 6.98 Å². The second kappa shape index (κ2) is 7.87. The van der Waals surface area contributed by atoms with Gasteiger partial charge in [0.25, 0.3) is 0 Å². The van der Waals surface area contributed by atoms with Crippen molar-refractivity contribution in [2.45, 2.75) is 6.61 Å². The predicted molar refractivity (Wildman–Crippen MR) is 70.9 cm³/mol. The molecule has 7 heteroatoms. The molecular formula is C13H10BClF3KO. The Balaban J connectivity index is 0.00000200. The molecule has 0 aliphatic heterocycles. The Morgan fingerprint density at radius 1 is 1.00 bits per heavy atom. The van der Waals surface area contributed by atoms with Gasteiger partial charge in [0.2, 0.25) is 0 Å². The van der Waals surface area contributed by atoms with Crippen LogP contribution in [0.2, 0.25) is 5.02 Å². The first kappa shape index (κ1) is 18.1. The van der Waals surface area contributed by atoms with Gasteiger partial charge in [0.15, 0.2) is 0 Å². The summed E-state index contributed by atoms with van der Waals surface area (Å²) in [7, 11) is 0. The quantitative estimate of drug-likeness (QED) is 0.762. The Morgan fingerprint density at radius 2 is 1.65 bits per heavy atom. The summed E-state index contributed by atoms with van der Waals surface area (Å²) in [5, 5.41) is 0.602. The van der Waals surface area contributed by atoms with Crippen LogP contribution in [0.1, 0.15) is 5.56 Å². The summed E-state index contributed by atoms with van der Waals surface area (Å²) in [6, 6.07) is 11.8. The molecule has 0 spiro atoms. The molecular weight excluding hydrogens is 314 g/mol. The topological polar surface area (TPSA) is 9.23 Å². The van der Waals surface area contributed by atoms with Crippen LogP contribution in [0.25, 0.3) is 0 Å². The number of benzene rings is 2. The van der Waals surface area contributed by atoms with Crippen molar-refractivity contribution in [1.82, 2.24) is 0 Å². The predicted octanol–water partition coefficient (Wildman–Crippen LogP) is 0.977. The molecule has 0 radical (unpaired) electrons.